The van der Waals surface area contributed by atoms with Crippen LogP contribution in [0.4, 0.5) is 0 Å². The van der Waals surface area contributed by atoms with Gasteiger partial charge in [0.15, 0.2) is 16.3 Å². The Morgan fingerprint density at radius 2 is 1.90 bits per heavy atom. The van der Waals surface area contributed by atoms with Crippen molar-refractivity contribution in [3.05, 3.63) is 88.5 Å². The van der Waals surface area contributed by atoms with E-state index in [1.54, 1.807) is 56.3 Å². The first-order valence-corrected chi connectivity index (χ1v) is 14.2. The third-order valence-electron chi connectivity index (χ3n) is 5.88. The largest absolute Gasteiger partial charge is 0.490 e. The first-order valence-electron chi connectivity index (χ1n) is 12.6. The van der Waals surface area contributed by atoms with Crippen LogP contribution in [0.15, 0.2) is 57.5 Å². The first-order chi connectivity index (χ1) is 19.0. The van der Waals surface area contributed by atoms with Crippen LogP contribution >= 0.6 is 34.5 Å². The minimum atomic E-state index is -0.871. The Hall–Kier alpha value is -3.40. The lowest BCUT2D eigenvalue weighted by Gasteiger charge is -2.25. The monoisotopic (exact) mass is 602 g/mol. The van der Waals surface area contributed by atoms with Gasteiger partial charge in [0.25, 0.3) is 5.56 Å². The van der Waals surface area contributed by atoms with Gasteiger partial charge in [0, 0.05) is 17.0 Å². The Morgan fingerprint density at radius 1 is 1.15 bits per heavy atom. The summed E-state index contributed by atoms with van der Waals surface area (Å²) >= 11 is 13.6. The molecular weight excluding hydrogens is 575 g/mol. The average Bonchev–Trinajstić information content (AvgIpc) is 3.18. The van der Waals surface area contributed by atoms with Gasteiger partial charge >= 0.3 is 11.9 Å². The van der Waals surface area contributed by atoms with Gasteiger partial charge in [-0.2, -0.15) is 0 Å². The van der Waals surface area contributed by atoms with E-state index >= 15 is 0 Å². The van der Waals surface area contributed by atoms with Gasteiger partial charge < -0.3 is 14.2 Å². The van der Waals surface area contributed by atoms with Crippen molar-refractivity contribution in [3.8, 4) is 11.5 Å². The fraction of sp³-hybridized carbons (Fsp3) is 0.310. The summed E-state index contributed by atoms with van der Waals surface area (Å²) in [7, 11) is 0. The molecule has 0 radical (unpaired) electrons. The van der Waals surface area contributed by atoms with Gasteiger partial charge in [-0.15, -0.1) is 0 Å². The quantitative estimate of drug-likeness (QED) is 0.264. The molecule has 0 saturated carbocycles. The first kappa shape index (κ1) is 29.6. The molecule has 1 aliphatic heterocycles. The Balaban J connectivity index is 1.94. The number of fused-ring (bicyclic) bond motifs is 1. The maximum Gasteiger partial charge on any atom is 0.338 e. The second-order valence-electron chi connectivity index (χ2n) is 9.47. The summed E-state index contributed by atoms with van der Waals surface area (Å²) in [5, 5.41) is 0.873. The van der Waals surface area contributed by atoms with Crippen LogP contribution in [0.2, 0.25) is 10.0 Å². The third-order valence-corrected chi connectivity index (χ3v) is 7.42. The molecule has 8 nitrogen and oxygen atoms in total. The van der Waals surface area contributed by atoms with Gasteiger partial charge in [-0.3, -0.25) is 14.2 Å². The van der Waals surface area contributed by atoms with Gasteiger partial charge in [-0.1, -0.05) is 60.5 Å². The standard InChI is InChI=1S/C29H28Cl2N2O6S/c1-6-37-23-11-19(8-10-22(23)39-17(5)34)26-25(28(36)38-14-15(2)3)16(4)32-29-33(26)27(35)24(40-29)12-18-7-9-20(30)13-21(18)31/h7-13,15,26H,6,14H2,1-5H3/b24-12+/t26-/m0/s1. The van der Waals surface area contributed by atoms with Gasteiger partial charge in [0.2, 0.25) is 0 Å². The number of carbonyl (C=O) groups is 2. The molecule has 2 aromatic carbocycles. The Bertz CT molecular complexity index is 1690. The van der Waals surface area contributed by atoms with E-state index in [9.17, 15) is 14.4 Å². The second kappa shape index (κ2) is 12.4. The van der Waals surface area contributed by atoms with Crippen molar-refractivity contribution in [2.45, 2.75) is 40.7 Å². The molecule has 0 unspecified atom stereocenters. The molecule has 11 heteroatoms. The van der Waals surface area contributed by atoms with Crippen LogP contribution in [0, 0.1) is 5.92 Å². The van der Waals surface area contributed by atoms with Crippen molar-refractivity contribution in [3.63, 3.8) is 0 Å². The lowest BCUT2D eigenvalue weighted by molar-refractivity contribution is -0.140. The van der Waals surface area contributed by atoms with Gasteiger partial charge in [-0.25, -0.2) is 9.79 Å². The Labute approximate surface area is 245 Å². The van der Waals surface area contributed by atoms with Crippen molar-refractivity contribution in [2.24, 2.45) is 10.9 Å². The molecule has 0 spiro atoms. The molecule has 40 heavy (non-hydrogen) atoms. The average molecular weight is 604 g/mol. The number of thiazole rings is 1. The summed E-state index contributed by atoms with van der Waals surface area (Å²) in [4.78, 5) is 44.0. The highest BCUT2D eigenvalue weighted by Crippen LogP contribution is 2.36. The molecule has 0 N–H and O–H groups in total. The van der Waals surface area contributed by atoms with Crippen LogP contribution in [0.1, 0.15) is 51.8 Å². The van der Waals surface area contributed by atoms with Crippen molar-refractivity contribution in [1.29, 1.82) is 0 Å². The number of aromatic nitrogens is 1. The summed E-state index contributed by atoms with van der Waals surface area (Å²) < 4.78 is 18.5. The number of benzene rings is 2. The van der Waals surface area contributed by atoms with Crippen LogP contribution in [0.5, 0.6) is 11.5 Å². The Morgan fingerprint density at radius 3 is 2.55 bits per heavy atom. The van der Waals surface area contributed by atoms with E-state index in [0.717, 1.165) is 0 Å². The van der Waals surface area contributed by atoms with E-state index in [4.69, 9.17) is 37.4 Å². The predicted molar refractivity (Wildman–Crippen MR) is 155 cm³/mol. The molecule has 210 valence electrons. The smallest absolute Gasteiger partial charge is 0.338 e. The summed E-state index contributed by atoms with van der Waals surface area (Å²) in [6.07, 6.45) is 1.67. The molecule has 0 aliphatic carbocycles. The summed E-state index contributed by atoms with van der Waals surface area (Å²) in [6, 6.07) is 9.07. The number of esters is 2. The predicted octanol–water partition coefficient (Wildman–Crippen LogP) is 5.07. The van der Waals surface area contributed by atoms with Crippen LogP contribution in [0.25, 0.3) is 6.08 Å². The Kier molecular flexibility index (Phi) is 9.18. The fourth-order valence-corrected chi connectivity index (χ4v) is 5.68. The number of nitrogens with zero attached hydrogens (tertiary/aromatic N) is 2. The van der Waals surface area contributed by atoms with Crippen molar-refractivity contribution < 1.29 is 23.8 Å². The van der Waals surface area contributed by atoms with E-state index in [1.165, 1.54) is 22.8 Å². The molecule has 0 bridgehead atoms. The van der Waals surface area contributed by atoms with Crippen LogP contribution < -0.4 is 24.4 Å². The highest BCUT2D eigenvalue weighted by Gasteiger charge is 2.34. The highest BCUT2D eigenvalue weighted by molar-refractivity contribution is 7.07. The lowest BCUT2D eigenvalue weighted by Crippen LogP contribution is -2.40. The second-order valence-corrected chi connectivity index (χ2v) is 11.3. The van der Waals surface area contributed by atoms with E-state index < -0.39 is 18.0 Å². The molecule has 1 atom stereocenters. The van der Waals surface area contributed by atoms with E-state index in [1.807, 2.05) is 13.8 Å². The number of rotatable bonds is 8. The molecule has 0 amide bonds. The summed E-state index contributed by atoms with van der Waals surface area (Å²) in [6.45, 7) is 9.19. The lowest BCUT2D eigenvalue weighted by atomic mass is 9.95. The van der Waals surface area contributed by atoms with E-state index in [0.29, 0.717) is 48.6 Å². The summed E-state index contributed by atoms with van der Waals surface area (Å²) in [5.41, 5.74) is 1.47. The molecular formula is C29H28Cl2N2O6S. The normalized spacial score (nSPS) is 15.1. The van der Waals surface area contributed by atoms with Crippen molar-refractivity contribution in [2.75, 3.05) is 13.2 Å². The third kappa shape index (κ3) is 6.32. The molecule has 2 heterocycles. The number of ether oxygens (including phenoxy) is 3. The topological polar surface area (TPSA) is 96.2 Å². The molecule has 1 aliphatic rings. The van der Waals surface area contributed by atoms with Crippen LogP contribution in [-0.2, 0) is 14.3 Å². The van der Waals surface area contributed by atoms with Gasteiger partial charge in [-0.05, 0) is 61.2 Å². The highest BCUT2D eigenvalue weighted by atomic mass is 35.5. The van der Waals surface area contributed by atoms with Gasteiger partial charge in [0.1, 0.15) is 0 Å². The minimum absolute atomic E-state index is 0.112. The number of hydrogen-bond acceptors (Lipinski definition) is 8. The zero-order valence-electron chi connectivity index (χ0n) is 22.6. The fourth-order valence-electron chi connectivity index (χ4n) is 4.18. The SMILES string of the molecule is CCOc1cc([C@H]2C(C(=O)OCC(C)C)=C(C)N=c3s/c(=C/c4ccc(Cl)cc4Cl)c(=O)n32)ccc1OC(C)=O. The molecule has 0 saturated heterocycles. The maximum absolute atomic E-state index is 13.9. The van der Waals surface area contributed by atoms with Crippen molar-refractivity contribution in [1.82, 2.24) is 4.57 Å². The number of hydrogen-bond donors (Lipinski definition) is 0. The number of allylic oxidation sites excluding steroid dienone is 1. The minimum Gasteiger partial charge on any atom is -0.490 e. The molecule has 3 aromatic rings. The van der Waals surface area contributed by atoms with Crippen LogP contribution in [0.3, 0.4) is 0 Å². The summed E-state index contributed by atoms with van der Waals surface area (Å²) in [5.74, 6) is -0.434. The van der Waals surface area contributed by atoms with Crippen LogP contribution in [-0.4, -0.2) is 29.7 Å². The van der Waals surface area contributed by atoms with Gasteiger partial charge in [0.05, 0.1) is 35.1 Å². The molecule has 4 rings (SSSR count). The maximum atomic E-state index is 13.9. The van der Waals surface area contributed by atoms with E-state index in [2.05, 4.69) is 4.99 Å². The molecule has 0 fully saturated rings. The van der Waals surface area contributed by atoms with Crippen molar-refractivity contribution >= 4 is 52.6 Å². The zero-order chi connectivity index (χ0) is 29.1. The number of carbonyl (C=O) groups excluding carboxylic acids is 2. The zero-order valence-corrected chi connectivity index (χ0v) is 24.9. The number of halogens is 2. The van der Waals surface area contributed by atoms with E-state index in [-0.39, 0.29) is 29.4 Å². The molecule has 1 aromatic heterocycles.